The third kappa shape index (κ3) is 4.33. The topological polar surface area (TPSA) is 70.7 Å². The van der Waals surface area contributed by atoms with Crippen LogP contribution in [0.3, 0.4) is 0 Å². The molecule has 0 aromatic heterocycles. The van der Waals surface area contributed by atoms with Gasteiger partial charge < -0.3 is 20.3 Å². The van der Waals surface area contributed by atoms with Crippen LogP contribution in [0.25, 0.3) is 0 Å². The molecule has 0 radical (unpaired) electrons. The maximum absolute atomic E-state index is 12.5. The summed E-state index contributed by atoms with van der Waals surface area (Å²) in [5.74, 6) is 0.630. The van der Waals surface area contributed by atoms with Crippen LogP contribution in [0.2, 0.25) is 0 Å². The zero-order valence-electron chi connectivity index (χ0n) is 14.8. The Labute approximate surface area is 153 Å². The van der Waals surface area contributed by atoms with E-state index >= 15 is 0 Å². The minimum atomic E-state index is -0.439. The SMILES string of the molecule is COc1ccc(CNC(=O)N2CCC[C@@H]2C(=O)Nc2ccccc2)cc1. The molecule has 136 valence electrons. The highest BCUT2D eigenvalue weighted by Gasteiger charge is 2.34. The molecule has 2 aromatic rings. The zero-order chi connectivity index (χ0) is 18.4. The van der Waals surface area contributed by atoms with E-state index in [-0.39, 0.29) is 11.9 Å². The number of hydrogen-bond acceptors (Lipinski definition) is 3. The molecular formula is C20H23N3O3. The number of hydrogen-bond donors (Lipinski definition) is 2. The highest BCUT2D eigenvalue weighted by atomic mass is 16.5. The molecule has 6 nitrogen and oxygen atoms in total. The van der Waals surface area contributed by atoms with Crippen molar-refractivity contribution in [1.82, 2.24) is 10.2 Å². The maximum Gasteiger partial charge on any atom is 0.318 e. The van der Waals surface area contributed by atoms with Crippen LogP contribution in [0.4, 0.5) is 10.5 Å². The molecule has 1 atom stereocenters. The van der Waals surface area contributed by atoms with Crippen molar-refractivity contribution >= 4 is 17.6 Å². The predicted molar refractivity (Wildman–Crippen MR) is 100 cm³/mol. The number of rotatable bonds is 5. The Hall–Kier alpha value is -3.02. The Morgan fingerprint density at radius 1 is 1.12 bits per heavy atom. The van der Waals surface area contributed by atoms with Gasteiger partial charge in [-0.05, 0) is 42.7 Å². The van der Waals surface area contributed by atoms with Crippen molar-refractivity contribution in [2.24, 2.45) is 0 Å². The first-order chi connectivity index (χ1) is 12.7. The lowest BCUT2D eigenvalue weighted by atomic mass is 10.2. The van der Waals surface area contributed by atoms with Gasteiger partial charge in [0.25, 0.3) is 0 Å². The van der Waals surface area contributed by atoms with E-state index in [0.717, 1.165) is 23.4 Å². The lowest BCUT2D eigenvalue weighted by Crippen LogP contribution is -2.47. The number of methoxy groups -OCH3 is 1. The molecule has 2 N–H and O–H groups in total. The van der Waals surface area contributed by atoms with E-state index in [4.69, 9.17) is 4.74 Å². The second kappa shape index (κ2) is 8.38. The third-order valence-corrected chi connectivity index (χ3v) is 4.46. The van der Waals surface area contributed by atoms with Gasteiger partial charge in [0.15, 0.2) is 0 Å². The lowest BCUT2D eigenvalue weighted by molar-refractivity contribution is -0.119. The van der Waals surface area contributed by atoms with Crippen molar-refractivity contribution < 1.29 is 14.3 Å². The Morgan fingerprint density at radius 3 is 2.54 bits per heavy atom. The number of anilines is 1. The number of urea groups is 1. The minimum absolute atomic E-state index is 0.145. The molecule has 1 aliphatic rings. The van der Waals surface area contributed by atoms with Crippen LogP contribution in [0.15, 0.2) is 54.6 Å². The van der Waals surface area contributed by atoms with E-state index < -0.39 is 6.04 Å². The van der Waals surface area contributed by atoms with Crippen LogP contribution in [0, 0.1) is 0 Å². The lowest BCUT2D eigenvalue weighted by Gasteiger charge is -2.24. The molecule has 1 aliphatic heterocycles. The van der Waals surface area contributed by atoms with Crippen molar-refractivity contribution in [3.63, 3.8) is 0 Å². The van der Waals surface area contributed by atoms with Crippen molar-refractivity contribution in [2.75, 3.05) is 19.0 Å². The summed E-state index contributed by atoms with van der Waals surface area (Å²) in [6.07, 6.45) is 1.50. The summed E-state index contributed by atoms with van der Waals surface area (Å²) in [5, 5.41) is 5.77. The van der Waals surface area contributed by atoms with Gasteiger partial charge in [0.1, 0.15) is 11.8 Å². The van der Waals surface area contributed by atoms with Crippen molar-refractivity contribution in [1.29, 1.82) is 0 Å². The molecular weight excluding hydrogens is 330 g/mol. The molecule has 0 bridgehead atoms. The smallest absolute Gasteiger partial charge is 0.318 e. The average Bonchev–Trinajstić information content (AvgIpc) is 3.17. The molecule has 1 heterocycles. The van der Waals surface area contributed by atoms with E-state index in [0.29, 0.717) is 19.5 Å². The molecule has 3 amide bonds. The predicted octanol–water partition coefficient (Wildman–Crippen LogP) is 3.01. The van der Waals surface area contributed by atoms with Gasteiger partial charge in [0.05, 0.1) is 7.11 Å². The second-order valence-electron chi connectivity index (χ2n) is 6.21. The summed E-state index contributed by atoms with van der Waals surface area (Å²) in [6, 6.07) is 16.2. The van der Waals surface area contributed by atoms with Crippen LogP contribution in [0.5, 0.6) is 5.75 Å². The molecule has 2 aromatic carbocycles. The summed E-state index contributed by atoms with van der Waals surface area (Å²) < 4.78 is 5.13. The Morgan fingerprint density at radius 2 is 1.85 bits per heavy atom. The van der Waals surface area contributed by atoms with Crippen LogP contribution in [-0.4, -0.2) is 36.5 Å². The van der Waals surface area contributed by atoms with Crippen molar-refractivity contribution in [3.05, 3.63) is 60.2 Å². The van der Waals surface area contributed by atoms with E-state index in [9.17, 15) is 9.59 Å². The monoisotopic (exact) mass is 353 g/mol. The number of amides is 3. The van der Waals surface area contributed by atoms with Crippen molar-refractivity contribution in [3.8, 4) is 5.75 Å². The quantitative estimate of drug-likeness (QED) is 0.868. The molecule has 0 saturated carbocycles. The van der Waals surface area contributed by atoms with Gasteiger partial charge >= 0.3 is 6.03 Å². The fourth-order valence-electron chi connectivity index (χ4n) is 3.05. The maximum atomic E-state index is 12.5. The van der Waals surface area contributed by atoms with Crippen LogP contribution < -0.4 is 15.4 Å². The van der Waals surface area contributed by atoms with Crippen LogP contribution >= 0.6 is 0 Å². The van der Waals surface area contributed by atoms with E-state index in [2.05, 4.69) is 10.6 Å². The largest absolute Gasteiger partial charge is 0.497 e. The number of nitrogens with one attached hydrogen (secondary N) is 2. The number of likely N-dealkylation sites (tertiary alicyclic amines) is 1. The molecule has 0 spiro atoms. The number of carbonyl (C=O) groups excluding carboxylic acids is 2. The summed E-state index contributed by atoms with van der Waals surface area (Å²) in [6.45, 7) is 0.994. The zero-order valence-corrected chi connectivity index (χ0v) is 14.8. The van der Waals surface area contributed by atoms with E-state index in [1.807, 2.05) is 54.6 Å². The van der Waals surface area contributed by atoms with Gasteiger partial charge in [-0.25, -0.2) is 4.79 Å². The fourth-order valence-corrected chi connectivity index (χ4v) is 3.05. The van der Waals surface area contributed by atoms with Gasteiger partial charge in [-0.1, -0.05) is 30.3 Å². The normalized spacial score (nSPS) is 16.2. The minimum Gasteiger partial charge on any atom is -0.497 e. The Balaban J connectivity index is 1.56. The summed E-state index contributed by atoms with van der Waals surface area (Å²) >= 11 is 0. The third-order valence-electron chi connectivity index (χ3n) is 4.46. The molecule has 3 rings (SSSR count). The van der Waals surface area contributed by atoms with Gasteiger partial charge in [0, 0.05) is 18.8 Å². The first-order valence-electron chi connectivity index (χ1n) is 8.70. The van der Waals surface area contributed by atoms with E-state index in [1.54, 1.807) is 12.0 Å². The first kappa shape index (κ1) is 17.8. The summed E-state index contributed by atoms with van der Waals surface area (Å²) in [7, 11) is 1.62. The number of para-hydroxylation sites is 1. The van der Waals surface area contributed by atoms with E-state index in [1.165, 1.54) is 0 Å². The highest BCUT2D eigenvalue weighted by Crippen LogP contribution is 2.19. The molecule has 1 fully saturated rings. The summed E-state index contributed by atoms with van der Waals surface area (Å²) in [4.78, 5) is 26.7. The summed E-state index contributed by atoms with van der Waals surface area (Å²) in [5.41, 5.74) is 1.71. The van der Waals surface area contributed by atoms with Gasteiger partial charge in [0.2, 0.25) is 5.91 Å². The average molecular weight is 353 g/mol. The molecule has 0 aliphatic carbocycles. The number of ether oxygens (including phenoxy) is 1. The number of carbonyl (C=O) groups is 2. The van der Waals surface area contributed by atoms with Crippen LogP contribution in [0.1, 0.15) is 18.4 Å². The number of nitrogens with zero attached hydrogens (tertiary/aromatic N) is 1. The fraction of sp³-hybridized carbons (Fsp3) is 0.300. The van der Waals surface area contributed by atoms with Gasteiger partial charge in [-0.2, -0.15) is 0 Å². The molecule has 1 saturated heterocycles. The van der Waals surface area contributed by atoms with Gasteiger partial charge in [-0.15, -0.1) is 0 Å². The molecule has 6 heteroatoms. The van der Waals surface area contributed by atoms with Gasteiger partial charge in [-0.3, -0.25) is 4.79 Å². The molecule has 26 heavy (non-hydrogen) atoms. The van der Waals surface area contributed by atoms with Crippen molar-refractivity contribution in [2.45, 2.75) is 25.4 Å². The first-order valence-corrected chi connectivity index (χ1v) is 8.70. The second-order valence-corrected chi connectivity index (χ2v) is 6.21. The molecule has 0 unspecified atom stereocenters. The standard InChI is InChI=1S/C20H23N3O3/c1-26-17-11-9-15(10-12-17)14-21-20(25)23-13-5-8-18(23)19(24)22-16-6-3-2-4-7-16/h2-4,6-7,9-12,18H,5,8,13-14H2,1H3,(H,21,25)(H,22,24)/t18-/m1/s1. The highest BCUT2D eigenvalue weighted by molar-refractivity contribution is 5.97. The Bertz CT molecular complexity index is 747. The Kier molecular flexibility index (Phi) is 5.73. The number of benzene rings is 2. The van der Waals surface area contributed by atoms with Crippen LogP contribution in [-0.2, 0) is 11.3 Å².